The van der Waals surface area contributed by atoms with E-state index in [0.29, 0.717) is 6.54 Å². The van der Waals surface area contributed by atoms with Crippen LogP contribution in [0.4, 0.5) is 10.1 Å². The maximum atomic E-state index is 12.9. The Labute approximate surface area is 153 Å². The van der Waals surface area contributed by atoms with E-state index in [1.165, 1.54) is 12.1 Å². The summed E-state index contributed by atoms with van der Waals surface area (Å²) in [6, 6.07) is 13.1. The van der Waals surface area contributed by atoms with Crippen LogP contribution in [0.15, 0.2) is 48.5 Å². The first-order chi connectivity index (χ1) is 12.5. The van der Waals surface area contributed by atoms with Crippen LogP contribution >= 0.6 is 0 Å². The second-order valence-corrected chi connectivity index (χ2v) is 6.56. The van der Waals surface area contributed by atoms with Gasteiger partial charge in [0.2, 0.25) is 5.91 Å². The monoisotopic (exact) mass is 357 g/mol. The van der Waals surface area contributed by atoms with Crippen LogP contribution in [-0.2, 0) is 11.3 Å². The first-order valence-corrected chi connectivity index (χ1v) is 8.83. The summed E-state index contributed by atoms with van der Waals surface area (Å²) in [5, 5.41) is 12.3. The first-order valence-electron chi connectivity index (χ1n) is 8.83. The largest absolute Gasteiger partial charge is 0.508 e. The Morgan fingerprint density at radius 2 is 1.69 bits per heavy atom. The minimum atomic E-state index is -0.278. The second kappa shape index (κ2) is 8.19. The number of nitrogens with zero attached hydrogens (tertiary/aromatic N) is 2. The van der Waals surface area contributed by atoms with Gasteiger partial charge in [-0.1, -0.05) is 12.1 Å². The highest BCUT2D eigenvalue weighted by Gasteiger charge is 2.25. The van der Waals surface area contributed by atoms with Gasteiger partial charge in [0.1, 0.15) is 11.6 Å². The molecule has 3 rings (SSSR count). The van der Waals surface area contributed by atoms with E-state index < -0.39 is 0 Å². The lowest BCUT2D eigenvalue weighted by Crippen LogP contribution is -2.53. The van der Waals surface area contributed by atoms with Crippen molar-refractivity contribution in [3.05, 3.63) is 59.9 Å². The summed E-state index contributed by atoms with van der Waals surface area (Å²) in [5.74, 6) is -0.0359. The lowest BCUT2D eigenvalue weighted by Gasteiger charge is -2.38. The summed E-state index contributed by atoms with van der Waals surface area (Å²) in [4.78, 5) is 16.8. The molecule has 0 radical (unpaired) electrons. The van der Waals surface area contributed by atoms with Gasteiger partial charge in [-0.25, -0.2) is 4.39 Å². The van der Waals surface area contributed by atoms with E-state index in [0.717, 1.165) is 37.4 Å². The van der Waals surface area contributed by atoms with Gasteiger partial charge in [0.15, 0.2) is 0 Å². The van der Waals surface area contributed by atoms with Crippen LogP contribution in [0.1, 0.15) is 12.5 Å². The zero-order valence-corrected chi connectivity index (χ0v) is 14.9. The summed E-state index contributed by atoms with van der Waals surface area (Å²) in [5.41, 5.74) is 1.96. The van der Waals surface area contributed by atoms with E-state index in [2.05, 4.69) is 15.1 Å². The minimum Gasteiger partial charge on any atom is -0.508 e. The van der Waals surface area contributed by atoms with Gasteiger partial charge >= 0.3 is 0 Å². The van der Waals surface area contributed by atoms with Gasteiger partial charge in [0.05, 0.1) is 6.04 Å². The third-order valence-corrected chi connectivity index (χ3v) is 4.84. The molecule has 0 bridgehead atoms. The summed E-state index contributed by atoms with van der Waals surface area (Å²) < 4.78 is 12.9. The highest BCUT2D eigenvalue weighted by Crippen LogP contribution is 2.20. The van der Waals surface area contributed by atoms with Crippen LogP contribution in [0.25, 0.3) is 0 Å². The Bertz CT molecular complexity index is 726. The Hall–Kier alpha value is -2.60. The van der Waals surface area contributed by atoms with E-state index in [1.54, 1.807) is 24.3 Å². The van der Waals surface area contributed by atoms with Crippen molar-refractivity contribution < 1.29 is 14.3 Å². The first kappa shape index (κ1) is 18.2. The molecule has 138 valence electrons. The number of halogens is 1. The molecule has 1 fully saturated rings. The number of amides is 1. The maximum Gasteiger partial charge on any atom is 0.237 e. The average molecular weight is 357 g/mol. The SMILES string of the molecule is CC(C(=O)NCc1ccc(F)cc1)N1CCN(c2ccc(O)cc2)CC1. The molecule has 26 heavy (non-hydrogen) atoms. The number of rotatable bonds is 5. The van der Waals surface area contributed by atoms with Crippen molar-refractivity contribution >= 4 is 11.6 Å². The molecule has 1 aliphatic rings. The minimum absolute atomic E-state index is 0.0209. The zero-order chi connectivity index (χ0) is 18.5. The smallest absolute Gasteiger partial charge is 0.237 e. The molecule has 0 aliphatic carbocycles. The van der Waals surface area contributed by atoms with Gasteiger partial charge in [0, 0.05) is 38.4 Å². The number of aromatic hydroxyl groups is 1. The maximum absolute atomic E-state index is 12.9. The number of carbonyl (C=O) groups is 1. The number of carbonyl (C=O) groups excluding carboxylic acids is 1. The molecule has 2 aromatic carbocycles. The molecule has 1 atom stereocenters. The van der Waals surface area contributed by atoms with Crippen LogP contribution in [0.2, 0.25) is 0 Å². The average Bonchev–Trinajstić information content (AvgIpc) is 2.67. The molecular formula is C20H24FN3O2. The molecular weight excluding hydrogens is 333 g/mol. The molecule has 0 spiro atoms. The molecule has 0 aromatic heterocycles. The molecule has 1 unspecified atom stereocenters. The topological polar surface area (TPSA) is 55.8 Å². The van der Waals surface area contributed by atoms with Crippen LogP contribution in [-0.4, -0.2) is 48.1 Å². The Morgan fingerprint density at radius 3 is 2.31 bits per heavy atom. The third kappa shape index (κ3) is 4.52. The number of nitrogens with one attached hydrogen (secondary N) is 1. The Morgan fingerprint density at radius 1 is 1.08 bits per heavy atom. The molecule has 1 saturated heterocycles. The number of hydrogen-bond donors (Lipinski definition) is 2. The fourth-order valence-corrected chi connectivity index (χ4v) is 3.14. The highest BCUT2D eigenvalue weighted by molar-refractivity contribution is 5.81. The van der Waals surface area contributed by atoms with Crippen LogP contribution < -0.4 is 10.2 Å². The number of piperazine rings is 1. The fraction of sp³-hybridized carbons (Fsp3) is 0.350. The van der Waals surface area contributed by atoms with E-state index in [9.17, 15) is 14.3 Å². The second-order valence-electron chi connectivity index (χ2n) is 6.56. The molecule has 5 nitrogen and oxygen atoms in total. The van der Waals surface area contributed by atoms with Gasteiger partial charge in [-0.15, -0.1) is 0 Å². The lowest BCUT2D eigenvalue weighted by atomic mass is 10.1. The van der Waals surface area contributed by atoms with Crippen molar-refractivity contribution in [1.82, 2.24) is 10.2 Å². The molecule has 1 heterocycles. The molecule has 1 aliphatic heterocycles. The van der Waals surface area contributed by atoms with Gasteiger partial charge in [0.25, 0.3) is 0 Å². The third-order valence-electron chi connectivity index (χ3n) is 4.84. The van der Waals surface area contributed by atoms with E-state index >= 15 is 0 Å². The van der Waals surface area contributed by atoms with Crippen LogP contribution in [0.5, 0.6) is 5.75 Å². The quantitative estimate of drug-likeness (QED) is 0.863. The number of anilines is 1. The summed E-state index contributed by atoms with van der Waals surface area (Å²) in [6.45, 7) is 5.58. The summed E-state index contributed by atoms with van der Waals surface area (Å²) in [7, 11) is 0. The van der Waals surface area contributed by atoms with Crippen molar-refractivity contribution in [1.29, 1.82) is 0 Å². The molecule has 1 amide bonds. The lowest BCUT2D eigenvalue weighted by molar-refractivity contribution is -0.126. The van der Waals surface area contributed by atoms with Crippen LogP contribution in [0, 0.1) is 5.82 Å². The zero-order valence-electron chi connectivity index (χ0n) is 14.9. The van der Waals surface area contributed by atoms with Gasteiger partial charge < -0.3 is 15.3 Å². The molecule has 6 heteroatoms. The highest BCUT2D eigenvalue weighted by atomic mass is 19.1. The van der Waals surface area contributed by atoms with Crippen LogP contribution in [0.3, 0.4) is 0 Å². The molecule has 2 aromatic rings. The normalized spacial score (nSPS) is 16.3. The Kier molecular flexibility index (Phi) is 5.73. The predicted molar refractivity (Wildman–Crippen MR) is 99.6 cm³/mol. The van der Waals surface area contributed by atoms with Crippen molar-refractivity contribution in [2.75, 3.05) is 31.1 Å². The molecule has 2 N–H and O–H groups in total. The van der Waals surface area contributed by atoms with Crippen molar-refractivity contribution in [2.45, 2.75) is 19.5 Å². The van der Waals surface area contributed by atoms with E-state index in [-0.39, 0.29) is 23.5 Å². The van der Waals surface area contributed by atoms with Gasteiger partial charge in [-0.05, 0) is 48.9 Å². The summed E-state index contributed by atoms with van der Waals surface area (Å²) >= 11 is 0. The van der Waals surface area contributed by atoms with E-state index in [1.807, 2.05) is 19.1 Å². The van der Waals surface area contributed by atoms with Crippen molar-refractivity contribution in [3.8, 4) is 5.75 Å². The number of hydrogen-bond acceptors (Lipinski definition) is 4. The molecule has 0 saturated carbocycles. The standard InChI is InChI=1S/C20H24FN3O2/c1-15(20(26)22-14-16-2-4-17(21)5-3-16)23-10-12-24(13-11-23)18-6-8-19(25)9-7-18/h2-9,15,25H,10-14H2,1H3,(H,22,26). The fourth-order valence-electron chi connectivity index (χ4n) is 3.14. The number of phenols is 1. The number of phenolic OH excluding ortho intramolecular Hbond substituents is 1. The predicted octanol–water partition coefficient (Wildman–Crippen LogP) is 2.36. The Balaban J connectivity index is 1.48. The van der Waals surface area contributed by atoms with Gasteiger partial charge in [-0.2, -0.15) is 0 Å². The van der Waals surface area contributed by atoms with Crippen molar-refractivity contribution in [3.63, 3.8) is 0 Å². The summed E-state index contributed by atoms with van der Waals surface area (Å²) in [6.07, 6.45) is 0. The van der Waals surface area contributed by atoms with Gasteiger partial charge in [-0.3, -0.25) is 9.69 Å². The van der Waals surface area contributed by atoms with Crippen molar-refractivity contribution in [2.24, 2.45) is 0 Å². The number of benzene rings is 2. The van der Waals surface area contributed by atoms with E-state index in [4.69, 9.17) is 0 Å².